The zero-order valence-corrected chi connectivity index (χ0v) is 16.5. The summed E-state index contributed by atoms with van der Waals surface area (Å²) in [6, 6.07) is 12.3. The van der Waals surface area contributed by atoms with Crippen LogP contribution in [-0.2, 0) is 19.9 Å². The van der Waals surface area contributed by atoms with E-state index in [0.717, 1.165) is 5.56 Å². The molecule has 0 aromatic heterocycles. The van der Waals surface area contributed by atoms with Gasteiger partial charge in [0.15, 0.2) is 5.60 Å². The van der Waals surface area contributed by atoms with E-state index in [1.54, 1.807) is 57.4 Å². The largest absolute Gasteiger partial charge is 0.496 e. The van der Waals surface area contributed by atoms with Gasteiger partial charge in [0.2, 0.25) is 0 Å². The maximum absolute atomic E-state index is 12.3. The fourth-order valence-electron chi connectivity index (χ4n) is 2.79. The van der Waals surface area contributed by atoms with Crippen molar-refractivity contribution in [1.82, 2.24) is 0 Å². The molecule has 2 aromatic rings. The predicted molar refractivity (Wildman–Crippen MR) is 103 cm³/mol. The van der Waals surface area contributed by atoms with Gasteiger partial charge < -0.3 is 18.9 Å². The first-order valence-corrected chi connectivity index (χ1v) is 9.13. The van der Waals surface area contributed by atoms with E-state index in [0.29, 0.717) is 29.2 Å². The van der Waals surface area contributed by atoms with Gasteiger partial charge in [-0.05, 0) is 36.8 Å². The van der Waals surface area contributed by atoms with E-state index < -0.39 is 11.6 Å². The average Bonchev–Trinajstić information content (AvgIpc) is 3.47. The van der Waals surface area contributed by atoms with E-state index in [4.69, 9.17) is 18.9 Å². The number of hydrogen-bond donors (Lipinski definition) is 0. The third-order valence-electron chi connectivity index (χ3n) is 4.61. The van der Waals surface area contributed by atoms with Crippen LogP contribution in [0.3, 0.4) is 0 Å². The summed E-state index contributed by atoms with van der Waals surface area (Å²) in [5, 5.41) is 0. The van der Waals surface area contributed by atoms with Crippen LogP contribution < -0.4 is 9.47 Å². The van der Waals surface area contributed by atoms with Crippen LogP contribution in [0.25, 0.3) is 0 Å². The van der Waals surface area contributed by atoms with Gasteiger partial charge in [-0.25, -0.2) is 4.79 Å². The Kier molecular flexibility index (Phi) is 5.70. The molecule has 0 amide bonds. The van der Waals surface area contributed by atoms with Crippen molar-refractivity contribution in [2.75, 3.05) is 20.3 Å². The van der Waals surface area contributed by atoms with E-state index >= 15 is 0 Å². The molecule has 1 unspecified atom stereocenters. The van der Waals surface area contributed by atoms with Crippen LogP contribution in [0.2, 0.25) is 0 Å². The summed E-state index contributed by atoms with van der Waals surface area (Å²) in [5.41, 5.74) is 1.07. The molecule has 1 heterocycles. The zero-order valence-electron chi connectivity index (χ0n) is 16.5. The minimum atomic E-state index is -0.849. The normalized spacial score (nSPS) is 17.9. The summed E-state index contributed by atoms with van der Waals surface area (Å²) in [6.45, 7) is 5.77. The fourth-order valence-corrected chi connectivity index (χ4v) is 2.79. The fraction of sp³-hybridized carbons (Fsp3) is 0.364. The molecular formula is C22H24O6. The van der Waals surface area contributed by atoms with E-state index in [1.165, 1.54) is 0 Å². The summed E-state index contributed by atoms with van der Waals surface area (Å²) in [4.78, 5) is 24.4. The molecule has 0 radical (unpaired) electrons. The van der Waals surface area contributed by atoms with Gasteiger partial charge in [0.25, 0.3) is 0 Å². The molecule has 1 aliphatic heterocycles. The van der Waals surface area contributed by atoms with Gasteiger partial charge >= 0.3 is 11.9 Å². The van der Waals surface area contributed by atoms with E-state index in [2.05, 4.69) is 0 Å². The van der Waals surface area contributed by atoms with Crippen molar-refractivity contribution in [3.8, 4) is 11.5 Å². The Bertz CT molecular complexity index is 868. The van der Waals surface area contributed by atoms with E-state index in [9.17, 15) is 9.59 Å². The van der Waals surface area contributed by atoms with Crippen molar-refractivity contribution in [1.29, 1.82) is 0 Å². The summed E-state index contributed by atoms with van der Waals surface area (Å²) in [5.74, 6) is -0.0192. The van der Waals surface area contributed by atoms with E-state index in [-0.39, 0.29) is 18.5 Å². The highest BCUT2D eigenvalue weighted by Gasteiger charge is 2.50. The topological polar surface area (TPSA) is 74.4 Å². The number of benzene rings is 2. The first kappa shape index (κ1) is 19.9. The van der Waals surface area contributed by atoms with Gasteiger partial charge in [-0.15, -0.1) is 0 Å². The number of aryl methyl sites for hydroxylation is 1. The predicted octanol–water partition coefficient (Wildman–Crippen LogP) is 3.65. The molecule has 0 spiro atoms. The van der Waals surface area contributed by atoms with Crippen LogP contribution in [0.1, 0.15) is 35.3 Å². The highest BCUT2D eigenvalue weighted by Crippen LogP contribution is 2.46. The number of rotatable bonds is 7. The molecule has 1 atom stereocenters. The lowest BCUT2D eigenvalue weighted by Crippen LogP contribution is -2.23. The third-order valence-corrected chi connectivity index (χ3v) is 4.61. The van der Waals surface area contributed by atoms with Crippen LogP contribution in [0.15, 0.2) is 42.5 Å². The molecule has 1 saturated heterocycles. The molecule has 0 saturated carbocycles. The lowest BCUT2D eigenvalue weighted by Gasteiger charge is -2.19. The molecule has 0 bridgehead atoms. The Morgan fingerprint density at radius 2 is 1.82 bits per heavy atom. The van der Waals surface area contributed by atoms with Crippen LogP contribution >= 0.6 is 0 Å². The Morgan fingerprint density at radius 3 is 2.39 bits per heavy atom. The van der Waals surface area contributed by atoms with Crippen molar-refractivity contribution >= 4 is 11.9 Å². The number of methoxy groups -OCH3 is 1. The van der Waals surface area contributed by atoms with Gasteiger partial charge in [0.05, 0.1) is 25.2 Å². The summed E-state index contributed by atoms with van der Waals surface area (Å²) in [7, 11) is 1.57. The van der Waals surface area contributed by atoms with Crippen LogP contribution in [0.4, 0.5) is 0 Å². The lowest BCUT2D eigenvalue weighted by atomic mass is 9.97. The van der Waals surface area contributed by atoms with Crippen molar-refractivity contribution < 1.29 is 28.5 Å². The summed E-state index contributed by atoms with van der Waals surface area (Å²) in [6.07, 6.45) is 0. The molecule has 148 valence electrons. The molecule has 0 aliphatic carbocycles. The molecular weight excluding hydrogens is 360 g/mol. The molecule has 1 aliphatic rings. The molecule has 1 fully saturated rings. The standard InChI is InChI=1S/C22H24O6/c1-14(2)20(23)28-19-10-15(3)18(25-4)11-17(19)22(13-27-22)12-26-21(24)16-8-6-5-7-9-16/h5-11,14H,12-13H2,1-4H3. The second-order valence-electron chi connectivity index (χ2n) is 7.12. The number of carbonyl (C=O) groups excluding carboxylic acids is 2. The quantitative estimate of drug-likeness (QED) is 0.412. The minimum absolute atomic E-state index is 0.0131. The van der Waals surface area contributed by atoms with Crippen molar-refractivity contribution in [2.45, 2.75) is 26.4 Å². The Balaban J connectivity index is 1.85. The number of carbonyl (C=O) groups is 2. The lowest BCUT2D eigenvalue weighted by molar-refractivity contribution is -0.137. The summed E-state index contributed by atoms with van der Waals surface area (Å²) < 4.78 is 22.1. The SMILES string of the molecule is COc1cc(C2(COC(=O)c3ccccc3)CO2)c(OC(=O)C(C)C)cc1C. The van der Waals surface area contributed by atoms with Gasteiger partial charge in [0.1, 0.15) is 18.1 Å². The number of esters is 2. The highest BCUT2D eigenvalue weighted by molar-refractivity contribution is 5.89. The van der Waals surface area contributed by atoms with Crippen molar-refractivity contribution in [2.24, 2.45) is 5.92 Å². The number of ether oxygens (including phenoxy) is 4. The monoisotopic (exact) mass is 384 g/mol. The maximum Gasteiger partial charge on any atom is 0.338 e. The number of epoxide rings is 1. The Labute approximate surface area is 164 Å². The van der Waals surface area contributed by atoms with Gasteiger partial charge in [0, 0.05) is 5.56 Å². The highest BCUT2D eigenvalue weighted by atomic mass is 16.6. The molecule has 28 heavy (non-hydrogen) atoms. The first-order valence-electron chi connectivity index (χ1n) is 9.13. The molecule has 2 aromatic carbocycles. The maximum atomic E-state index is 12.3. The summed E-state index contributed by atoms with van der Waals surface area (Å²) >= 11 is 0. The molecule has 3 rings (SSSR count). The van der Waals surface area contributed by atoms with Crippen LogP contribution in [0.5, 0.6) is 11.5 Å². The minimum Gasteiger partial charge on any atom is -0.496 e. The van der Waals surface area contributed by atoms with Gasteiger partial charge in [-0.1, -0.05) is 32.0 Å². The second-order valence-corrected chi connectivity index (χ2v) is 7.12. The van der Waals surface area contributed by atoms with Crippen molar-refractivity contribution in [3.05, 3.63) is 59.2 Å². The Hall–Kier alpha value is -2.86. The molecule has 6 heteroatoms. The average molecular weight is 384 g/mol. The second kappa shape index (κ2) is 8.02. The first-order chi connectivity index (χ1) is 13.4. The molecule has 6 nitrogen and oxygen atoms in total. The zero-order chi connectivity index (χ0) is 20.3. The van der Waals surface area contributed by atoms with Gasteiger partial charge in [-0.3, -0.25) is 4.79 Å². The number of hydrogen-bond acceptors (Lipinski definition) is 6. The Morgan fingerprint density at radius 1 is 1.14 bits per heavy atom. The molecule has 0 N–H and O–H groups in total. The van der Waals surface area contributed by atoms with Crippen LogP contribution in [0, 0.1) is 12.8 Å². The smallest absolute Gasteiger partial charge is 0.338 e. The van der Waals surface area contributed by atoms with Crippen LogP contribution in [-0.4, -0.2) is 32.3 Å². The van der Waals surface area contributed by atoms with E-state index in [1.807, 2.05) is 13.0 Å². The van der Waals surface area contributed by atoms with Gasteiger partial charge in [-0.2, -0.15) is 0 Å². The van der Waals surface area contributed by atoms with Crippen molar-refractivity contribution in [3.63, 3.8) is 0 Å². The third kappa shape index (κ3) is 4.17.